The minimum absolute atomic E-state index is 0.214. The first kappa shape index (κ1) is 26.7. The van der Waals surface area contributed by atoms with Gasteiger partial charge >= 0.3 is 0 Å². The zero-order valence-electron chi connectivity index (χ0n) is 22.1. The number of fused-ring (bicyclic) bond motifs is 1. The van der Waals surface area contributed by atoms with Gasteiger partial charge in [-0.2, -0.15) is 0 Å². The van der Waals surface area contributed by atoms with Crippen LogP contribution in [0.5, 0.6) is 0 Å². The van der Waals surface area contributed by atoms with E-state index in [1.54, 1.807) is 0 Å². The van der Waals surface area contributed by atoms with Gasteiger partial charge in [0.15, 0.2) is 0 Å². The molecule has 33 heavy (non-hydrogen) atoms. The van der Waals surface area contributed by atoms with Crippen molar-refractivity contribution in [2.24, 2.45) is 0 Å². The molecule has 1 nitrogen and oxygen atoms in total. The van der Waals surface area contributed by atoms with Crippen LogP contribution >= 0.6 is 0 Å². The molecule has 1 aliphatic rings. The number of benzene rings is 3. The second kappa shape index (κ2) is 13.2. The second-order valence-electron chi connectivity index (χ2n) is 9.26. The average molecular weight is 444 g/mol. The van der Waals surface area contributed by atoms with Gasteiger partial charge in [0, 0.05) is 17.1 Å². The number of aryl methyl sites for hydroxylation is 2. The van der Waals surface area contributed by atoms with E-state index >= 15 is 0 Å². The summed E-state index contributed by atoms with van der Waals surface area (Å²) < 4.78 is 0. The fourth-order valence-corrected chi connectivity index (χ4v) is 3.96. The molecular weight excluding hydrogens is 398 g/mol. The molecule has 0 aliphatic heterocycles. The van der Waals surface area contributed by atoms with Crippen LogP contribution in [0.15, 0.2) is 72.8 Å². The van der Waals surface area contributed by atoms with Gasteiger partial charge in [-0.3, -0.25) is 0 Å². The molecule has 0 spiro atoms. The lowest BCUT2D eigenvalue weighted by Gasteiger charge is -2.29. The molecule has 0 heterocycles. The van der Waals surface area contributed by atoms with E-state index in [0.29, 0.717) is 0 Å². The summed E-state index contributed by atoms with van der Waals surface area (Å²) in [5.41, 5.74) is 8.27. The van der Waals surface area contributed by atoms with E-state index in [0.717, 1.165) is 6.42 Å². The van der Waals surface area contributed by atoms with E-state index < -0.39 is 0 Å². The van der Waals surface area contributed by atoms with Crippen LogP contribution in [0.3, 0.4) is 0 Å². The normalized spacial score (nSPS) is 11.7. The Morgan fingerprint density at radius 1 is 0.667 bits per heavy atom. The molecule has 0 atom stereocenters. The van der Waals surface area contributed by atoms with Crippen molar-refractivity contribution >= 4 is 17.1 Å². The smallest absolute Gasteiger partial charge is 0.0464 e. The lowest BCUT2D eigenvalue weighted by Crippen LogP contribution is -2.16. The summed E-state index contributed by atoms with van der Waals surface area (Å²) in [4.78, 5) is 2.36. The van der Waals surface area contributed by atoms with E-state index in [1.807, 2.05) is 13.8 Å². The highest BCUT2D eigenvalue weighted by molar-refractivity contribution is 5.77. The van der Waals surface area contributed by atoms with Crippen molar-refractivity contribution in [2.45, 2.75) is 92.4 Å². The third-order valence-corrected chi connectivity index (χ3v) is 6.62. The number of rotatable bonds is 7. The van der Waals surface area contributed by atoms with Crippen molar-refractivity contribution in [3.63, 3.8) is 0 Å². The SMILES string of the molecule is CC.CCC(C)(C)c1ccc(N(c2ccccc2)c2ccc3c(c2)CC3)cc1.CCCCC. The number of hydrogen-bond acceptors (Lipinski definition) is 1. The van der Waals surface area contributed by atoms with Gasteiger partial charge < -0.3 is 4.90 Å². The maximum atomic E-state index is 2.36. The van der Waals surface area contributed by atoms with Gasteiger partial charge in [0.25, 0.3) is 0 Å². The number of anilines is 3. The van der Waals surface area contributed by atoms with Crippen LogP contribution in [0.1, 0.15) is 90.8 Å². The van der Waals surface area contributed by atoms with Crippen LogP contribution in [0.4, 0.5) is 17.1 Å². The highest BCUT2D eigenvalue weighted by Crippen LogP contribution is 2.38. The molecule has 4 rings (SSSR count). The highest BCUT2D eigenvalue weighted by Gasteiger charge is 2.20. The Morgan fingerprint density at radius 3 is 1.67 bits per heavy atom. The molecule has 0 amide bonds. The first-order valence-electron chi connectivity index (χ1n) is 13.1. The van der Waals surface area contributed by atoms with Gasteiger partial charge in [-0.05, 0) is 77.8 Å². The number of para-hydroxylation sites is 1. The van der Waals surface area contributed by atoms with Crippen LogP contribution in [-0.2, 0) is 18.3 Å². The molecule has 3 aromatic carbocycles. The summed E-state index contributed by atoms with van der Waals surface area (Å²) in [5, 5.41) is 0. The van der Waals surface area contributed by atoms with Crippen molar-refractivity contribution in [1.29, 1.82) is 0 Å². The Bertz CT molecular complexity index is 936. The third kappa shape index (κ3) is 6.97. The highest BCUT2D eigenvalue weighted by atomic mass is 15.1. The minimum Gasteiger partial charge on any atom is -0.310 e. The van der Waals surface area contributed by atoms with Gasteiger partial charge in [-0.1, -0.05) is 104 Å². The Kier molecular flexibility index (Phi) is 10.7. The predicted molar refractivity (Wildman–Crippen MR) is 148 cm³/mol. The maximum Gasteiger partial charge on any atom is 0.0464 e. The third-order valence-electron chi connectivity index (χ3n) is 6.62. The van der Waals surface area contributed by atoms with E-state index in [-0.39, 0.29) is 5.41 Å². The second-order valence-corrected chi connectivity index (χ2v) is 9.26. The maximum absolute atomic E-state index is 2.36. The molecule has 0 saturated carbocycles. The van der Waals surface area contributed by atoms with Crippen molar-refractivity contribution in [3.05, 3.63) is 89.5 Å². The first-order valence-corrected chi connectivity index (χ1v) is 13.1. The zero-order valence-corrected chi connectivity index (χ0v) is 22.1. The summed E-state index contributed by atoms with van der Waals surface area (Å²) >= 11 is 0. The van der Waals surface area contributed by atoms with Crippen molar-refractivity contribution in [1.82, 2.24) is 0 Å². The van der Waals surface area contributed by atoms with Gasteiger partial charge in [-0.15, -0.1) is 0 Å². The molecule has 1 aliphatic carbocycles. The van der Waals surface area contributed by atoms with E-state index in [2.05, 4.69) is 112 Å². The van der Waals surface area contributed by atoms with Crippen LogP contribution in [0.2, 0.25) is 0 Å². The monoisotopic (exact) mass is 443 g/mol. The number of unbranched alkanes of at least 4 members (excludes halogenated alkanes) is 2. The largest absolute Gasteiger partial charge is 0.310 e. The van der Waals surface area contributed by atoms with Crippen LogP contribution in [-0.4, -0.2) is 0 Å². The molecule has 0 aromatic heterocycles. The molecular formula is C32H45N. The van der Waals surface area contributed by atoms with Crippen LogP contribution < -0.4 is 4.90 Å². The number of hydrogen-bond donors (Lipinski definition) is 0. The Morgan fingerprint density at radius 2 is 1.21 bits per heavy atom. The van der Waals surface area contributed by atoms with Gasteiger partial charge in [0.2, 0.25) is 0 Å². The lowest BCUT2D eigenvalue weighted by molar-refractivity contribution is 0.506. The standard InChI is InChI=1S/C25H27N.C5H12.C2H6/c1-4-25(2,3)21-13-16-23(17-14-21)26(22-8-6-5-7-9-22)24-15-12-19-10-11-20(19)18-24;1-3-5-4-2;1-2/h5-9,12-18H,4,10-11H2,1-3H3;3-5H2,1-2H3;1-2H3. The summed E-state index contributed by atoms with van der Waals surface area (Å²) in [6.45, 7) is 15.3. The van der Waals surface area contributed by atoms with Gasteiger partial charge in [0.1, 0.15) is 0 Å². The van der Waals surface area contributed by atoms with Crippen molar-refractivity contribution in [2.75, 3.05) is 4.90 Å². The van der Waals surface area contributed by atoms with Crippen molar-refractivity contribution in [3.8, 4) is 0 Å². The molecule has 0 fully saturated rings. The molecule has 178 valence electrons. The quantitative estimate of drug-likeness (QED) is 0.351. The molecule has 1 heteroatoms. The summed E-state index contributed by atoms with van der Waals surface area (Å²) in [7, 11) is 0. The lowest BCUT2D eigenvalue weighted by atomic mass is 9.82. The molecule has 0 bridgehead atoms. The minimum atomic E-state index is 0.214. The molecule has 0 unspecified atom stereocenters. The van der Waals surface area contributed by atoms with E-state index in [1.165, 1.54) is 65.9 Å². The van der Waals surface area contributed by atoms with Crippen LogP contribution in [0.25, 0.3) is 0 Å². The Hall–Kier alpha value is -2.54. The summed E-state index contributed by atoms with van der Waals surface area (Å²) in [5.74, 6) is 0. The topological polar surface area (TPSA) is 3.24 Å². The summed E-state index contributed by atoms with van der Waals surface area (Å²) in [6.07, 6.45) is 7.64. The molecule has 3 aromatic rings. The fraction of sp³-hybridized carbons (Fsp3) is 0.438. The zero-order chi connectivity index (χ0) is 24.3. The van der Waals surface area contributed by atoms with Crippen LogP contribution in [0, 0.1) is 0 Å². The van der Waals surface area contributed by atoms with E-state index in [4.69, 9.17) is 0 Å². The average Bonchev–Trinajstić information content (AvgIpc) is 2.84. The fourth-order valence-electron chi connectivity index (χ4n) is 3.96. The molecule has 0 saturated heterocycles. The number of nitrogens with zero attached hydrogens (tertiary/aromatic N) is 1. The summed E-state index contributed by atoms with van der Waals surface area (Å²) in [6, 6.07) is 26.7. The molecule has 0 N–H and O–H groups in total. The Labute approximate surface area is 203 Å². The van der Waals surface area contributed by atoms with Gasteiger partial charge in [-0.25, -0.2) is 0 Å². The molecule has 0 radical (unpaired) electrons. The van der Waals surface area contributed by atoms with Crippen molar-refractivity contribution < 1.29 is 0 Å². The van der Waals surface area contributed by atoms with Gasteiger partial charge in [0.05, 0.1) is 0 Å². The predicted octanol–water partition coefficient (Wildman–Crippen LogP) is 10.2. The first-order chi connectivity index (χ1) is 16.0. The van der Waals surface area contributed by atoms with E-state index in [9.17, 15) is 0 Å². The Balaban J connectivity index is 0.000000489.